The number of non-ortho nitro benzene ring substituents is 1. The molecule has 0 unspecified atom stereocenters. The maximum absolute atomic E-state index is 11.6. The summed E-state index contributed by atoms with van der Waals surface area (Å²) in [5.41, 5.74) is 8.52. The van der Waals surface area contributed by atoms with Crippen molar-refractivity contribution in [1.29, 1.82) is 0 Å². The van der Waals surface area contributed by atoms with Gasteiger partial charge in [0.2, 0.25) is 0 Å². The summed E-state index contributed by atoms with van der Waals surface area (Å²) in [5.74, 6) is 0.310. The number of ether oxygens (including phenoxy) is 2. The fraction of sp³-hybridized carbons (Fsp3) is 0. The Bertz CT molecular complexity index is 687. The van der Waals surface area contributed by atoms with Gasteiger partial charge in [0.05, 0.1) is 4.92 Å². The molecule has 0 bridgehead atoms. The van der Waals surface area contributed by atoms with Gasteiger partial charge < -0.3 is 9.47 Å². The molecule has 2 aromatic carbocycles. The van der Waals surface area contributed by atoms with E-state index in [9.17, 15) is 14.9 Å². The maximum atomic E-state index is 11.6. The highest BCUT2D eigenvalue weighted by Crippen LogP contribution is 2.20. The zero-order valence-electron chi connectivity index (χ0n) is 10.9. The molecule has 0 saturated carbocycles. The van der Waals surface area contributed by atoms with E-state index in [0.717, 1.165) is 0 Å². The molecule has 0 N–H and O–H groups in total. The predicted molar refractivity (Wildman–Crippen MR) is 75.0 cm³/mol. The van der Waals surface area contributed by atoms with Crippen LogP contribution in [0.5, 0.6) is 11.5 Å². The van der Waals surface area contributed by atoms with Gasteiger partial charge in [-0.15, -0.1) is 0 Å². The van der Waals surface area contributed by atoms with E-state index in [1.165, 1.54) is 48.5 Å². The van der Waals surface area contributed by atoms with Gasteiger partial charge >= 0.3 is 6.16 Å². The van der Waals surface area contributed by atoms with Crippen molar-refractivity contribution >= 4 is 17.5 Å². The van der Waals surface area contributed by atoms with Crippen molar-refractivity contribution in [1.82, 2.24) is 0 Å². The SMILES string of the molecule is [N-]=[N+]=Nc1ccc(OC(=O)Oc2ccc([N+](=O)[O-])cc2)cc1. The average Bonchev–Trinajstić information content (AvgIpc) is 2.50. The Morgan fingerprint density at radius 2 is 1.55 bits per heavy atom. The molecule has 9 heteroatoms. The second-order valence-electron chi connectivity index (χ2n) is 3.89. The van der Waals surface area contributed by atoms with Crippen LogP contribution in [0.25, 0.3) is 10.4 Å². The van der Waals surface area contributed by atoms with E-state index in [4.69, 9.17) is 15.0 Å². The van der Waals surface area contributed by atoms with Gasteiger partial charge in [-0.2, -0.15) is 0 Å². The van der Waals surface area contributed by atoms with Crippen LogP contribution in [-0.2, 0) is 0 Å². The third kappa shape index (κ3) is 3.95. The number of nitro benzene ring substituents is 1. The van der Waals surface area contributed by atoms with E-state index in [1.807, 2.05) is 0 Å². The van der Waals surface area contributed by atoms with E-state index < -0.39 is 11.1 Å². The summed E-state index contributed by atoms with van der Waals surface area (Å²) in [6, 6.07) is 10.8. The standard InChI is InChI=1S/C13H8N4O5/c14-16-15-9-1-5-11(6-2-9)21-13(18)22-12-7-3-10(4-8-12)17(19)20/h1-8H. The number of hydrogen-bond donors (Lipinski definition) is 0. The summed E-state index contributed by atoms with van der Waals surface area (Å²) in [4.78, 5) is 24.1. The average molecular weight is 300 g/mol. The molecular formula is C13H8N4O5. The lowest BCUT2D eigenvalue weighted by Gasteiger charge is -2.05. The van der Waals surface area contributed by atoms with Crippen LogP contribution < -0.4 is 9.47 Å². The Hall–Kier alpha value is -3.58. The number of nitro groups is 1. The Labute approximate surface area is 123 Å². The molecule has 0 saturated heterocycles. The van der Waals surface area contributed by atoms with Crippen molar-refractivity contribution in [2.75, 3.05) is 0 Å². The molecule has 0 fully saturated rings. The van der Waals surface area contributed by atoms with E-state index >= 15 is 0 Å². The number of carbonyl (C=O) groups is 1. The predicted octanol–water partition coefficient (Wildman–Crippen LogP) is 4.11. The first-order valence-corrected chi connectivity index (χ1v) is 5.88. The smallest absolute Gasteiger partial charge is 0.395 e. The normalized spacial score (nSPS) is 9.45. The van der Waals surface area contributed by atoms with E-state index in [0.29, 0.717) is 5.69 Å². The maximum Gasteiger partial charge on any atom is 0.519 e. The van der Waals surface area contributed by atoms with Crippen LogP contribution >= 0.6 is 0 Å². The molecule has 0 radical (unpaired) electrons. The van der Waals surface area contributed by atoms with Crippen molar-refractivity contribution in [2.24, 2.45) is 5.11 Å². The van der Waals surface area contributed by atoms with Crippen LogP contribution in [0.1, 0.15) is 0 Å². The van der Waals surface area contributed by atoms with E-state index in [-0.39, 0.29) is 17.2 Å². The van der Waals surface area contributed by atoms with Crippen LogP contribution in [0.15, 0.2) is 53.6 Å². The number of benzene rings is 2. The molecular weight excluding hydrogens is 292 g/mol. The summed E-state index contributed by atoms with van der Waals surface area (Å²) in [7, 11) is 0. The van der Waals surface area contributed by atoms with E-state index in [2.05, 4.69) is 10.0 Å². The van der Waals surface area contributed by atoms with Crippen molar-refractivity contribution < 1.29 is 19.2 Å². The molecule has 0 aromatic heterocycles. The minimum absolute atomic E-state index is 0.112. The summed E-state index contributed by atoms with van der Waals surface area (Å²) in [6.45, 7) is 0. The molecule has 9 nitrogen and oxygen atoms in total. The molecule has 2 rings (SSSR count). The molecule has 2 aromatic rings. The van der Waals surface area contributed by atoms with Gasteiger partial charge in [0.15, 0.2) is 0 Å². The lowest BCUT2D eigenvalue weighted by molar-refractivity contribution is -0.384. The highest BCUT2D eigenvalue weighted by atomic mass is 16.7. The lowest BCUT2D eigenvalue weighted by atomic mass is 10.3. The summed E-state index contributed by atoms with van der Waals surface area (Å²) >= 11 is 0. The summed E-state index contributed by atoms with van der Waals surface area (Å²) in [6.07, 6.45) is -0.995. The van der Waals surface area contributed by atoms with Crippen LogP contribution in [0.3, 0.4) is 0 Å². The van der Waals surface area contributed by atoms with Gasteiger partial charge in [-0.05, 0) is 41.9 Å². The molecule has 22 heavy (non-hydrogen) atoms. The highest BCUT2D eigenvalue weighted by molar-refractivity contribution is 5.67. The third-order valence-electron chi connectivity index (χ3n) is 2.45. The Morgan fingerprint density at radius 3 is 2.00 bits per heavy atom. The first kappa shape index (κ1) is 14.8. The van der Waals surface area contributed by atoms with Gasteiger partial charge in [-0.25, -0.2) is 4.79 Å². The number of nitrogens with zero attached hydrogens (tertiary/aromatic N) is 4. The molecule has 0 spiro atoms. The van der Waals surface area contributed by atoms with Crippen LogP contribution in [-0.4, -0.2) is 11.1 Å². The molecule has 0 atom stereocenters. The van der Waals surface area contributed by atoms with Gasteiger partial charge in [0, 0.05) is 22.7 Å². The highest BCUT2D eigenvalue weighted by Gasteiger charge is 2.10. The number of azide groups is 1. The Balaban J connectivity index is 1.97. The lowest BCUT2D eigenvalue weighted by Crippen LogP contribution is -2.13. The molecule has 0 heterocycles. The first-order chi connectivity index (χ1) is 10.6. The molecule has 110 valence electrons. The van der Waals surface area contributed by atoms with Crippen LogP contribution in [0.4, 0.5) is 16.2 Å². The molecule has 0 aliphatic rings. The first-order valence-electron chi connectivity index (χ1n) is 5.88. The Morgan fingerprint density at radius 1 is 1.05 bits per heavy atom. The van der Waals surface area contributed by atoms with Crippen molar-refractivity contribution in [3.8, 4) is 11.5 Å². The van der Waals surface area contributed by atoms with Crippen molar-refractivity contribution in [2.45, 2.75) is 0 Å². The molecule has 0 aliphatic heterocycles. The van der Waals surface area contributed by atoms with Gasteiger partial charge in [0.1, 0.15) is 11.5 Å². The molecule has 0 amide bonds. The zero-order valence-corrected chi connectivity index (χ0v) is 10.9. The van der Waals surface area contributed by atoms with Gasteiger partial charge in [-0.1, -0.05) is 5.11 Å². The van der Waals surface area contributed by atoms with Crippen molar-refractivity contribution in [3.05, 3.63) is 69.1 Å². The monoisotopic (exact) mass is 300 g/mol. The summed E-state index contributed by atoms with van der Waals surface area (Å²) in [5, 5.41) is 13.9. The van der Waals surface area contributed by atoms with Gasteiger partial charge in [0.25, 0.3) is 5.69 Å². The van der Waals surface area contributed by atoms with Gasteiger partial charge in [-0.3, -0.25) is 10.1 Å². The second kappa shape index (κ2) is 6.73. The third-order valence-corrected chi connectivity index (χ3v) is 2.45. The number of hydrogen-bond acceptors (Lipinski definition) is 6. The van der Waals surface area contributed by atoms with E-state index in [1.54, 1.807) is 0 Å². The van der Waals surface area contributed by atoms with Crippen molar-refractivity contribution in [3.63, 3.8) is 0 Å². The zero-order chi connectivity index (χ0) is 15.9. The molecule has 0 aliphatic carbocycles. The summed E-state index contributed by atoms with van der Waals surface area (Å²) < 4.78 is 9.76. The van der Waals surface area contributed by atoms with Crippen LogP contribution in [0.2, 0.25) is 0 Å². The number of rotatable bonds is 4. The minimum atomic E-state index is -0.995. The minimum Gasteiger partial charge on any atom is -0.395 e. The number of carbonyl (C=O) groups excluding carboxylic acids is 1. The fourth-order valence-electron chi connectivity index (χ4n) is 1.48. The van der Waals surface area contributed by atoms with Crippen LogP contribution in [0, 0.1) is 10.1 Å². The topological polar surface area (TPSA) is 127 Å². The Kier molecular flexibility index (Phi) is 4.53. The fourth-order valence-corrected chi connectivity index (χ4v) is 1.48. The quantitative estimate of drug-likeness (QED) is 0.159. The second-order valence-corrected chi connectivity index (χ2v) is 3.89. The largest absolute Gasteiger partial charge is 0.519 e.